The van der Waals surface area contributed by atoms with Gasteiger partial charge in [0.05, 0.1) is 12.1 Å². The lowest BCUT2D eigenvalue weighted by Gasteiger charge is -2.47. The molecule has 0 aromatic rings. The third-order valence-corrected chi connectivity index (χ3v) is 5.27. The highest BCUT2D eigenvalue weighted by atomic mass is 16.7. The molecule has 2 rings (SSSR count). The third-order valence-electron chi connectivity index (χ3n) is 5.27. The second-order valence-electron chi connectivity index (χ2n) is 7.49. The number of ether oxygens (including phenoxy) is 5. The van der Waals surface area contributed by atoms with Crippen LogP contribution in [0.1, 0.15) is 13.8 Å². The molecule has 0 radical (unpaired) electrons. The van der Waals surface area contributed by atoms with Gasteiger partial charge in [-0.3, -0.25) is 4.79 Å². The molecule has 14 heteroatoms. The van der Waals surface area contributed by atoms with E-state index in [1.807, 2.05) is 0 Å². The summed E-state index contributed by atoms with van der Waals surface area (Å²) in [6.45, 7) is 2.44. The maximum Gasteiger partial charge on any atom is 0.406 e. The summed E-state index contributed by atoms with van der Waals surface area (Å²) in [7, 11) is 2.50. The number of hydrogen-bond acceptors (Lipinski definition) is 11. The molecule has 2 fully saturated rings. The van der Waals surface area contributed by atoms with Crippen LogP contribution < -0.4 is 10.6 Å². The van der Waals surface area contributed by atoms with E-state index in [2.05, 4.69) is 10.6 Å². The number of aliphatic hydroxyl groups is 3. The highest BCUT2D eigenvalue weighted by molar-refractivity contribution is 5.74. The van der Waals surface area contributed by atoms with Crippen LogP contribution in [0.5, 0.6) is 0 Å². The fraction of sp³-hybridized carbons (Fsp3) is 0.833. The average molecular weight is 466 g/mol. The van der Waals surface area contributed by atoms with Gasteiger partial charge in [0.1, 0.15) is 43.2 Å². The summed E-state index contributed by atoms with van der Waals surface area (Å²) in [6, 6.07) is -0.949. The van der Waals surface area contributed by atoms with Crippen molar-refractivity contribution < 1.29 is 58.5 Å². The van der Waals surface area contributed by atoms with Gasteiger partial charge in [-0.2, -0.15) is 0 Å². The minimum absolute atomic E-state index is 0.363. The Morgan fingerprint density at radius 1 is 1.03 bits per heavy atom. The van der Waals surface area contributed by atoms with E-state index in [-0.39, 0.29) is 6.61 Å². The maximum absolute atomic E-state index is 11.7. The summed E-state index contributed by atoms with van der Waals surface area (Å²) in [6.07, 6.45) is -13.5. The van der Waals surface area contributed by atoms with E-state index in [4.69, 9.17) is 23.7 Å². The molecule has 6 N–H and O–H groups in total. The molecule has 2 unspecified atom stereocenters. The number of nitrogens with one attached hydrogen (secondary N) is 2. The van der Waals surface area contributed by atoms with Crippen molar-refractivity contribution in [1.29, 1.82) is 0 Å². The highest BCUT2D eigenvalue weighted by Gasteiger charge is 2.52. The molecule has 184 valence electrons. The van der Waals surface area contributed by atoms with E-state index < -0.39 is 79.1 Å². The van der Waals surface area contributed by atoms with E-state index >= 15 is 0 Å². The Bertz CT molecular complexity index is 678. The fourth-order valence-electron chi connectivity index (χ4n) is 3.67. The molecular formula is C18H30N2O12. The zero-order valence-corrected chi connectivity index (χ0v) is 18.0. The maximum atomic E-state index is 11.7. The number of carbonyl (C=O) groups is 3. The molecule has 32 heavy (non-hydrogen) atoms. The SMILES string of the molecule is CNC(=O)OC[C@@H]1O[C@@H](C)[C@@H](NC(C)=O)[C@H](O[C@H]2O[C@@H](C(=O)O)C(OC)[C@H](O)[C@@H]2O)C1O. The number of carbonyl (C=O) groups excluding carboxylic acids is 2. The molecule has 2 aliphatic rings. The predicted molar refractivity (Wildman–Crippen MR) is 102 cm³/mol. The van der Waals surface area contributed by atoms with Gasteiger partial charge in [0.2, 0.25) is 5.91 Å². The number of amides is 2. The first-order chi connectivity index (χ1) is 15.0. The number of methoxy groups -OCH3 is 1. The predicted octanol–water partition coefficient (Wildman–Crippen LogP) is -3.07. The van der Waals surface area contributed by atoms with Gasteiger partial charge in [0.15, 0.2) is 12.4 Å². The van der Waals surface area contributed by atoms with Crippen molar-refractivity contribution in [2.75, 3.05) is 20.8 Å². The van der Waals surface area contributed by atoms with Crippen LogP contribution in [0.15, 0.2) is 0 Å². The number of hydrogen-bond donors (Lipinski definition) is 6. The summed E-state index contributed by atoms with van der Waals surface area (Å²) in [5, 5.41) is 45.7. The number of aliphatic carboxylic acids is 1. The van der Waals surface area contributed by atoms with E-state index in [1.54, 1.807) is 6.92 Å². The van der Waals surface area contributed by atoms with Gasteiger partial charge in [-0.1, -0.05) is 0 Å². The van der Waals surface area contributed by atoms with Gasteiger partial charge in [0.25, 0.3) is 0 Å². The van der Waals surface area contributed by atoms with Gasteiger partial charge in [-0.15, -0.1) is 0 Å². The van der Waals surface area contributed by atoms with E-state index in [9.17, 15) is 34.8 Å². The van der Waals surface area contributed by atoms with Crippen molar-refractivity contribution in [3.8, 4) is 0 Å². The first-order valence-corrected chi connectivity index (χ1v) is 9.89. The van der Waals surface area contributed by atoms with E-state index in [0.717, 1.165) is 7.11 Å². The first kappa shape index (κ1) is 26.2. The third kappa shape index (κ3) is 5.83. The van der Waals surface area contributed by atoms with Crippen LogP contribution >= 0.6 is 0 Å². The number of carboxylic acids is 1. The van der Waals surface area contributed by atoms with Crippen molar-refractivity contribution in [3.63, 3.8) is 0 Å². The zero-order chi connectivity index (χ0) is 24.2. The van der Waals surface area contributed by atoms with Crippen LogP contribution in [0.4, 0.5) is 4.79 Å². The van der Waals surface area contributed by atoms with Crippen LogP contribution in [0.3, 0.4) is 0 Å². The Kier molecular flexibility index (Phi) is 9.15. The van der Waals surface area contributed by atoms with Gasteiger partial charge < -0.3 is 54.7 Å². The molecule has 2 aliphatic heterocycles. The fourth-order valence-corrected chi connectivity index (χ4v) is 3.67. The molecule has 10 atom stereocenters. The molecular weight excluding hydrogens is 436 g/mol. The Hall–Kier alpha value is -2.07. The van der Waals surface area contributed by atoms with Crippen molar-refractivity contribution >= 4 is 18.0 Å². The summed E-state index contributed by atoms with van der Waals surface area (Å²) < 4.78 is 26.5. The molecule has 2 heterocycles. The molecule has 0 spiro atoms. The standard InChI is InChI=1S/C18H30N2O12/c1-6-9(20-7(2)21)13(10(22)8(30-6)5-29-18(27)19-3)31-17-12(24)11(23)14(28-4)15(32-17)16(25)26/h6,8-15,17,22-24H,5H2,1-4H3,(H,19,27)(H,20,21)(H,25,26)/t6-,8-,9+,10?,11+,12-,13-,14?,15+,17-/m0/s1. The minimum atomic E-state index is -1.74. The van der Waals surface area contributed by atoms with Crippen LogP contribution in [0.2, 0.25) is 0 Å². The van der Waals surface area contributed by atoms with Gasteiger partial charge in [-0.25, -0.2) is 9.59 Å². The summed E-state index contributed by atoms with van der Waals surface area (Å²) in [5.74, 6) is -1.94. The van der Waals surface area contributed by atoms with Crippen molar-refractivity contribution in [1.82, 2.24) is 10.6 Å². The topological polar surface area (TPSA) is 202 Å². The highest BCUT2D eigenvalue weighted by Crippen LogP contribution is 2.30. The normalized spacial score (nSPS) is 39.7. The molecule has 0 aromatic heterocycles. The monoisotopic (exact) mass is 466 g/mol. The second kappa shape index (κ2) is 11.2. The minimum Gasteiger partial charge on any atom is -0.479 e. The molecule has 2 saturated heterocycles. The number of alkyl carbamates (subject to hydrolysis) is 1. The van der Waals surface area contributed by atoms with Crippen molar-refractivity contribution in [2.24, 2.45) is 0 Å². The Morgan fingerprint density at radius 2 is 1.69 bits per heavy atom. The smallest absolute Gasteiger partial charge is 0.406 e. The molecule has 14 nitrogen and oxygen atoms in total. The Balaban J connectivity index is 2.26. The van der Waals surface area contributed by atoms with Gasteiger partial charge >= 0.3 is 12.1 Å². The molecule has 0 aliphatic carbocycles. The van der Waals surface area contributed by atoms with Gasteiger partial charge in [0, 0.05) is 21.1 Å². The lowest BCUT2D eigenvalue weighted by molar-refractivity contribution is -0.327. The van der Waals surface area contributed by atoms with Crippen LogP contribution in [0.25, 0.3) is 0 Å². The summed E-state index contributed by atoms with van der Waals surface area (Å²) in [4.78, 5) is 34.6. The number of rotatable bonds is 7. The quantitative estimate of drug-likeness (QED) is 0.221. The lowest BCUT2D eigenvalue weighted by atomic mass is 9.92. The first-order valence-electron chi connectivity index (χ1n) is 9.89. The molecule has 0 aromatic carbocycles. The molecule has 2 amide bonds. The van der Waals surface area contributed by atoms with Crippen LogP contribution in [-0.4, -0.2) is 120 Å². The number of aliphatic hydroxyl groups excluding tert-OH is 3. The zero-order valence-electron chi connectivity index (χ0n) is 18.0. The number of carboxylic acid groups (broad SMARTS) is 1. The Morgan fingerprint density at radius 3 is 2.22 bits per heavy atom. The lowest BCUT2D eigenvalue weighted by Crippen LogP contribution is -2.67. The largest absolute Gasteiger partial charge is 0.479 e. The van der Waals surface area contributed by atoms with Crippen molar-refractivity contribution in [3.05, 3.63) is 0 Å². The second-order valence-corrected chi connectivity index (χ2v) is 7.49. The molecule has 0 bridgehead atoms. The summed E-state index contributed by atoms with van der Waals surface area (Å²) >= 11 is 0. The van der Waals surface area contributed by atoms with E-state index in [0.29, 0.717) is 0 Å². The van der Waals surface area contributed by atoms with Crippen molar-refractivity contribution in [2.45, 2.75) is 75.0 Å². The summed E-state index contributed by atoms with van der Waals surface area (Å²) in [5.41, 5.74) is 0. The average Bonchev–Trinajstić information content (AvgIpc) is 2.73. The van der Waals surface area contributed by atoms with Crippen LogP contribution in [-0.2, 0) is 33.3 Å². The van der Waals surface area contributed by atoms with Crippen LogP contribution in [0, 0.1) is 0 Å². The van der Waals surface area contributed by atoms with E-state index in [1.165, 1.54) is 14.0 Å². The Labute approximate surface area is 183 Å². The van der Waals surface area contributed by atoms with Gasteiger partial charge in [-0.05, 0) is 6.92 Å². The molecule has 0 saturated carbocycles.